The number of hydrogen-bond donors (Lipinski definition) is 3. The molecular weight excluding hydrogens is 228 g/mol. The topological polar surface area (TPSA) is 89.3 Å². The van der Waals surface area contributed by atoms with E-state index in [4.69, 9.17) is 11.5 Å². The smallest absolute Gasteiger partial charge is 0.189 e. The zero-order valence-corrected chi connectivity index (χ0v) is 9.91. The van der Waals surface area contributed by atoms with Crippen molar-refractivity contribution in [1.82, 2.24) is 0 Å². The Kier molecular flexibility index (Phi) is 3.32. The van der Waals surface area contributed by atoms with Gasteiger partial charge in [0.1, 0.15) is 11.6 Å². The second-order valence-corrected chi connectivity index (χ2v) is 4.50. The van der Waals surface area contributed by atoms with Gasteiger partial charge in [0, 0.05) is 12.1 Å². The van der Waals surface area contributed by atoms with E-state index in [1.165, 1.54) is 0 Å². The second kappa shape index (κ2) is 4.76. The van der Waals surface area contributed by atoms with Gasteiger partial charge in [0.15, 0.2) is 5.78 Å². The summed E-state index contributed by atoms with van der Waals surface area (Å²) in [6.45, 7) is 0. The van der Waals surface area contributed by atoms with Crippen LogP contribution in [0.4, 0.5) is 0 Å². The first-order chi connectivity index (χ1) is 8.53. The molecule has 0 amide bonds. The lowest BCUT2D eigenvalue weighted by Crippen LogP contribution is -2.50. The Morgan fingerprint density at radius 3 is 2.61 bits per heavy atom. The quantitative estimate of drug-likeness (QED) is 0.733. The predicted octanol–water partition coefficient (Wildman–Crippen LogP) is 0.789. The number of ketones is 1. The molecule has 0 aliphatic heterocycles. The van der Waals surface area contributed by atoms with Crippen LogP contribution in [-0.2, 0) is 4.79 Å². The Balaban J connectivity index is 2.22. The number of benzene rings is 1. The summed E-state index contributed by atoms with van der Waals surface area (Å²) in [5.41, 5.74) is 11.5. The predicted molar refractivity (Wildman–Crippen MR) is 69.4 cm³/mol. The number of hydrogen-bond acceptors (Lipinski definition) is 4. The average molecular weight is 244 g/mol. The van der Waals surface area contributed by atoms with Crippen LogP contribution in [0.3, 0.4) is 0 Å². The van der Waals surface area contributed by atoms with Crippen LogP contribution in [0.15, 0.2) is 54.3 Å². The van der Waals surface area contributed by atoms with E-state index in [1.807, 2.05) is 6.07 Å². The molecule has 1 aliphatic carbocycles. The van der Waals surface area contributed by atoms with Gasteiger partial charge in [0.2, 0.25) is 0 Å². The van der Waals surface area contributed by atoms with E-state index in [-0.39, 0.29) is 6.42 Å². The van der Waals surface area contributed by atoms with Crippen LogP contribution in [0.2, 0.25) is 0 Å². The number of rotatable bonds is 3. The molecule has 1 aromatic rings. The van der Waals surface area contributed by atoms with E-state index in [9.17, 15) is 9.90 Å². The Morgan fingerprint density at radius 1 is 1.33 bits per heavy atom. The lowest BCUT2D eigenvalue weighted by atomic mass is 9.82. The highest BCUT2D eigenvalue weighted by atomic mass is 16.3. The van der Waals surface area contributed by atoms with E-state index in [1.54, 1.807) is 42.5 Å². The molecule has 0 radical (unpaired) electrons. The Morgan fingerprint density at radius 2 is 2.00 bits per heavy atom. The summed E-state index contributed by atoms with van der Waals surface area (Å²) in [4.78, 5) is 12.3. The summed E-state index contributed by atoms with van der Waals surface area (Å²) >= 11 is 0. The fraction of sp³-hybridized carbons (Fsp3) is 0.214. The molecule has 2 unspecified atom stereocenters. The van der Waals surface area contributed by atoms with Gasteiger partial charge >= 0.3 is 0 Å². The van der Waals surface area contributed by atoms with Gasteiger partial charge < -0.3 is 16.6 Å². The van der Waals surface area contributed by atoms with Crippen molar-refractivity contribution >= 4 is 5.78 Å². The fourth-order valence-corrected chi connectivity index (χ4v) is 2.01. The molecule has 18 heavy (non-hydrogen) atoms. The summed E-state index contributed by atoms with van der Waals surface area (Å²) in [5, 5.41) is 10.1. The molecule has 2 atom stereocenters. The van der Waals surface area contributed by atoms with Crippen LogP contribution in [0.25, 0.3) is 0 Å². The van der Waals surface area contributed by atoms with Crippen molar-refractivity contribution in [1.29, 1.82) is 0 Å². The van der Waals surface area contributed by atoms with Gasteiger partial charge in [0.25, 0.3) is 0 Å². The lowest BCUT2D eigenvalue weighted by Gasteiger charge is -2.29. The van der Waals surface area contributed by atoms with Crippen LogP contribution in [-0.4, -0.2) is 16.4 Å². The first-order valence-electron chi connectivity index (χ1n) is 5.73. The SMILES string of the molecule is NC1=CC=CC(N)(C(=O)C(O)c2ccccc2)C1. The van der Waals surface area contributed by atoms with Gasteiger partial charge in [-0.3, -0.25) is 4.79 Å². The van der Waals surface area contributed by atoms with Crippen molar-refractivity contribution in [3.63, 3.8) is 0 Å². The normalized spacial score (nSPS) is 24.4. The molecule has 94 valence electrons. The summed E-state index contributed by atoms with van der Waals surface area (Å²) in [7, 11) is 0. The van der Waals surface area contributed by atoms with Gasteiger partial charge in [-0.05, 0) is 11.6 Å². The van der Waals surface area contributed by atoms with E-state index in [0.717, 1.165) is 0 Å². The molecule has 4 nitrogen and oxygen atoms in total. The van der Waals surface area contributed by atoms with E-state index >= 15 is 0 Å². The zero-order chi connectivity index (χ0) is 13.2. The molecule has 1 aromatic carbocycles. The monoisotopic (exact) mass is 244 g/mol. The maximum absolute atomic E-state index is 12.3. The van der Waals surface area contributed by atoms with Gasteiger partial charge in [-0.1, -0.05) is 42.5 Å². The Bertz CT molecular complexity index is 508. The summed E-state index contributed by atoms with van der Waals surface area (Å²) in [6.07, 6.45) is 3.93. The van der Waals surface area contributed by atoms with Gasteiger partial charge in [0.05, 0.1) is 0 Å². The zero-order valence-electron chi connectivity index (χ0n) is 9.91. The number of aliphatic hydroxyl groups is 1. The minimum absolute atomic E-state index is 0.228. The summed E-state index contributed by atoms with van der Waals surface area (Å²) in [6, 6.07) is 8.73. The van der Waals surface area contributed by atoms with Crippen molar-refractivity contribution in [3.8, 4) is 0 Å². The Labute approximate surface area is 106 Å². The summed E-state index contributed by atoms with van der Waals surface area (Å²) in [5.74, 6) is -0.444. The van der Waals surface area contributed by atoms with Crippen molar-refractivity contribution in [2.24, 2.45) is 11.5 Å². The lowest BCUT2D eigenvalue weighted by molar-refractivity contribution is -0.131. The molecule has 1 aliphatic rings. The molecule has 2 rings (SSSR count). The van der Waals surface area contributed by atoms with Crippen molar-refractivity contribution in [2.45, 2.75) is 18.1 Å². The molecule has 0 heterocycles. The maximum atomic E-state index is 12.3. The third kappa shape index (κ3) is 2.34. The van der Waals surface area contributed by atoms with Crippen LogP contribution in [0.1, 0.15) is 18.1 Å². The van der Waals surface area contributed by atoms with E-state index < -0.39 is 17.4 Å². The minimum atomic E-state index is -1.23. The highest BCUT2D eigenvalue weighted by Crippen LogP contribution is 2.26. The molecule has 0 fully saturated rings. The van der Waals surface area contributed by atoms with Crippen LogP contribution in [0, 0.1) is 0 Å². The van der Waals surface area contributed by atoms with E-state index in [0.29, 0.717) is 11.3 Å². The third-order valence-corrected chi connectivity index (χ3v) is 3.02. The molecule has 0 bridgehead atoms. The van der Waals surface area contributed by atoms with E-state index in [2.05, 4.69) is 0 Å². The summed E-state index contributed by atoms with van der Waals surface area (Å²) < 4.78 is 0. The Hall–Kier alpha value is -1.91. The van der Waals surface area contributed by atoms with Crippen molar-refractivity contribution in [3.05, 3.63) is 59.8 Å². The molecule has 0 spiro atoms. The number of nitrogens with two attached hydrogens (primary N) is 2. The highest BCUT2D eigenvalue weighted by molar-refractivity contribution is 5.95. The van der Waals surface area contributed by atoms with Crippen LogP contribution >= 0.6 is 0 Å². The number of Topliss-reactive ketones (excluding diaryl/α,β-unsaturated/α-hetero) is 1. The van der Waals surface area contributed by atoms with Gasteiger partial charge in [-0.25, -0.2) is 0 Å². The molecule has 5 N–H and O–H groups in total. The number of carbonyl (C=O) groups excluding carboxylic acids is 1. The van der Waals surface area contributed by atoms with Gasteiger partial charge in [-0.15, -0.1) is 0 Å². The molecule has 4 heteroatoms. The second-order valence-electron chi connectivity index (χ2n) is 4.50. The largest absolute Gasteiger partial charge is 0.402 e. The standard InChI is InChI=1S/C14H16N2O2/c15-11-7-4-8-14(16,9-11)13(18)12(17)10-5-2-1-3-6-10/h1-8,12,17H,9,15-16H2. The van der Waals surface area contributed by atoms with Crippen LogP contribution < -0.4 is 11.5 Å². The maximum Gasteiger partial charge on any atom is 0.189 e. The van der Waals surface area contributed by atoms with Crippen LogP contribution in [0.5, 0.6) is 0 Å². The molecular formula is C14H16N2O2. The van der Waals surface area contributed by atoms with Crippen molar-refractivity contribution in [2.75, 3.05) is 0 Å². The molecule has 0 saturated heterocycles. The fourth-order valence-electron chi connectivity index (χ4n) is 2.01. The number of allylic oxidation sites excluding steroid dienone is 2. The number of carbonyl (C=O) groups is 1. The number of aliphatic hydroxyl groups excluding tert-OH is 1. The first kappa shape index (κ1) is 12.5. The molecule has 0 saturated carbocycles. The average Bonchev–Trinajstić information content (AvgIpc) is 2.38. The van der Waals surface area contributed by atoms with Gasteiger partial charge in [-0.2, -0.15) is 0 Å². The molecule has 0 aromatic heterocycles. The van der Waals surface area contributed by atoms with Crippen molar-refractivity contribution < 1.29 is 9.90 Å². The minimum Gasteiger partial charge on any atom is -0.402 e. The third-order valence-electron chi connectivity index (χ3n) is 3.02. The highest BCUT2D eigenvalue weighted by Gasteiger charge is 2.37. The first-order valence-corrected chi connectivity index (χ1v) is 5.73.